The lowest BCUT2D eigenvalue weighted by Gasteiger charge is -2.11. The van der Waals surface area contributed by atoms with E-state index in [0.717, 1.165) is 0 Å². The van der Waals surface area contributed by atoms with Crippen LogP contribution in [-0.2, 0) is 15.6 Å². The van der Waals surface area contributed by atoms with E-state index >= 15 is 0 Å². The molecule has 7 heteroatoms. The maximum Gasteiger partial charge on any atom is 0.157 e. The zero-order valence-corrected chi connectivity index (χ0v) is 11.2. The molecule has 0 bridgehead atoms. The summed E-state index contributed by atoms with van der Waals surface area (Å²) in [6.07, 6.45) is -1.27. The van der Waals surface area contributed by atoms with Crippen molar-refractivity contribution in [2.24, 2.45) is 5.73 Å². The number of rotatable bonds is 6. The van der Waals surface area contributed by atoms with E-state index in [2.05, 4.69) is 0 Å². The molecule has 1 unspecified atom stereocenters. The van der Waals surface area contributed by atoms with E-state index in [9.17, 15) is 13.5 Å². The van der Waals surface area contributed by atoms with E-state index in [1.165, 1.54) is 0 Å². The van der Waals surface area contributed by atoms with E-state index in [0.29, 0.717) is 11.1 Å². The van der Waals surface area contributed by atoms with Gasteiger partial charge < -0.3 is 15.9 Å². The van der Waals surface area contributed by atoms with Gasteiger partial charge in [0.2, 0.25) is 0 Å². The van der Waals surface area contributed by atoms with Crippen molar-refractivity contribution in [3.63, 3.8) is 0 Å². The van der Waals surface area contributed by atoms with Crippen molar-refractivity contribution in [3.05, 3.63) is 35.4 Å². The molecule has 1 rings (SSSR count). The molecule has 4 N–H and O–H groups in total. The molecule has 0 aliphatic carbocycles. The zero-order chi connectivity index (χ0) is 13.8. The van der Waals surface area contributed by atoms with Gasteiger partial charge in [-0.05, 0) is 5.56 Å². The van der Waals surface area contributed by atoms with Gasteiger partial charge in [-0.15, -0.1) is 0 Å². The molecule has 0 amide bonds. The molecule has 1 atom stereocenters. The first-order chi connectivity index (χ1) is 8.35. The molecular weight excluding hydrogens is 274 g/mol. The van der Waals surface area contributed by atoms with Gasteiger partial charge in [-0.25, -0.2) is 8.42 Å². The van der Waals surface area contributed by atoms with Crippen LogP contribution in [0.1, 0.15) is 11.1 Å². The lowest BCUT2D eigenvalue weighted by molar-refractivity contribution is 0.112. The summed E-state index contributed by atoms with van der Waals surface area (Å²) in [4.78, 5) is 0.128. The number of benzene rings is 1. The number of nitrogens with two attached hydrogens (primary N) is 1. The fourth-order valence-electron chi connectivity index (χ4n) is 1.53. The van der Waals surface area contributed by atoms with Gasteiger partial charge >= 0.3 is 0 Å². The fraction of sp³-hybridized carbons (Fsp3) is 0.364. The van der Waals surface area contributed by atoms with Gasteiger partial charge in [0.15, 0.2) is 9.84 Å². The summed E-state index contributed by atoms with van der Waals surface area (Å²) in [5.41, 5.74) is 6.51. The molecular formula is C11H15NO4S2. The lowest BCUT2D eigenvalue weighted by Crippen LogP contribution is -2.25. The van der Waals surface area contributed by atoms with E-state index in [-0.39, 0.29) is 10.7 Å². The van der Waals surface area contributed by atoms with Gasteiger partial charge in [-0.2, -0.15) is 0 Å². The average molecular weight is 289 g/mol. The Morgan fingerprint density at radius 1 is 1.39 bits per heavy atom. The smallest absolute Gasteiger partial charge is 0.157 e. The first-order valence-corrected chi connectivity index (χ1v) is 7.45. The monoisotopic (exact) mass is 289 g/mol. The standard InChI is InChI=1S/C11H15NO4S2/c12-11(17)10-4-2-1-3-8(10)6-18(15,16)7-9(14)5-13/h1-4,9,13-14H,5-7H2,(H2,12,17). The topological polar surface area (TPSA) is 101 Å². The molecule has 0 aromatic heterocycles. The Hall–Kier alpha value is -1.02. The van der Waals surface area contributed by atoms with Crippen molar-refractivity contribution in [1.82, 2.24) is 0 Å². The minimum absolute atomic E-state index is 0.128. The van der Waals surface area contributed by atoms with Crippen molar-refractivity contribution in [1.29, 1.82) is 0 Å². The Balaban J connectivity index is 2.94. The maximum atomic E-state index is 11.8. The number of thiocarbonyl (C=S) groups is 1. The lowest BCUT2D eigenvalue weighted by atomic mass is 10.1. The number of sulfone groups is 1. The van der Waals surface area contributed by atoms with Crippen LogP contribution in [0.4, 0.5) is 0 Å². The number of hydrogen-bond donors (Lipinski definition) is 3. The molecule has 0 saturated heterocycles. The van der Waals surface area contributed by atoms with E-state index in [1.54, 1.807) is 24.3 Å². The van der Waals surface area contributed by atoms with E-state index in [1.807, 2.05) is 0 Å². The van der Waals surface area contributed by atoms with E-state index < -0.39 is 28.3 Å². The van der Waals surface area contributed by atoms with Crippen molar-refractivity contribution in [2.45, 2.75) is 11.9 Å². The molecule has 0 heterocycles. The molecule has 0 radical (unpaired) electrons. The Labute approximate surface area is 111 Å². The predicted octanol–water partition coefficient (Wildman–Crippen LogP) is -0.411. The predicted molar refractivity (Wildman–Crippen MR) is 72.9 cm³/mol. The van der Waals surface area contributed by atoms with Crippen LogP contribution in [0.2, 0.25) is 0 Å². The second kappa shape index (κ2) is 6.24. The molecule has 1 aromatic carbocycles. The van der Waals surface area contributed by atoms with Crippen molar-refractivity contribution in [3.8, 4) is 0 Å². The van der Waals surface area contributed by atoms with Gasteiger partial charge in [0, 0.05) is 5.56 Å². The molecule has 0 fully saturated rings. The second-order valence-electron chi connectivity index (χ2n) is 3.91. The number of aliphatic hydroxyl groups excluding tert-OH is 2. The molecule has 0 aliphatic heterocycles. The Kier molecular flexibility index (Phi) is 5.21. The number of aliphatic hydroxyl groups is 2. The summed E-state index contributed by atoms with van der Waals surface area (Å²) < 4.78 is 23.6. The third kappa shape index (κ3) is 4.34. The molecule has 0 saturated carbocycles. The Morgan fingerprint density at radius 3 is 2.56 bits per heavy atom. The Bertz CT molecular complexity index is 528. The maximum absolute atomic E-state index is 11.8. The van der Waals surface area contributed by atoms with Crippen molar-refractivity contribution >= 4 is 27.0 Å². The molecule has 0 aliphatic rings. The van der Waals surface area contributed by atoms with E-state index in [4.69, 9.17) is 23.1 Å². The second-order valence-corrected chi connectivity index (χ2v) is 6.46. The van der Waals surface area contributed by atoms with Crippen molar-refractivity contribution in [2.75, 3.05) is 12.4 Å². The summed E-state index contributed by atoms with van der Waals surface area (Å²) in [6.45, 7) is -0.587. The molecule has 1 aromatic rings. The molecule has 5 nitrogen and oxygen atoms in total. The fourth-order valence-corrected chi connectivity index (χ4v) is 3.26. The largest absolute Gasteiger partial charge is 0.394 e. The van der Waals surface area contributed by atoms with Crippen LogP contribution in [0.15, 0.2) is 24.3 Å². The SMILES string of the molecule is NC(=S)c1ccccc1CS(=O)(=O)CC(O)CO. The third-order valence-electron chi connectivity index (χ3n) is 2.32. The highest BCUT2D eigenvalue weighted by Crippen LogP contribution is 2.13. The highest BCUT2D eigenvalue weighted by Gasteiger charge is 2.19. The van der Waals surface area contributed by atoms with Crippen molar-refractivity contribution < 1.29 is 18.6 Å². The summed E-state index contributed by atoms with van der Waals surface area (Å²) >= 11 is 4.84. The molecule has 0 spiro atoms. The van der Waals surface area contributed by atoms with Crippen LogP contribution in [0.3, 0.4) is 0 Å². The van der Waals surface area contributed by atoms with Crippen LogP contribution >= 0.6 is 12.2 Å². The quantitative estimate of drug-likeness (QED) is 0.616. The highest BCUT2D eigenvalue weighted by molar-refractivity contribution is 7.90. The van der Waals surface area contributed by atoms with Crippen LogP contribution in [0, 0.1) is 0 Å². The van der Waals surface area contributed by atoms with Gasteiger partial charge in [0.05, 0.1) is 24.2 Å². The normalized spacial score (nSPS) is 13.2. The highest BCUT2D eigenvalue weighted by atomic mass is 32.2. The summed E-state index contributed by atoms with van der Waals surface area (Å²) in [7, 11) is -3.53. The number of hydrogen-bond acceptors (Lipinski definition) is 5. The van der Waals surface area contributed by atoms with Crippen LogP contribution in [0.25, 0.3) is 0 Å². The first-order valence-electron chi connectivity index (χ1n) is 5.23. The minimum Gasteiger partial charge on any atom is -0.394 e. The molecule has 100 valence electrons. The summed E-state index contributed by atoms with van der Waals surface area (Å²) in [6, 6.07) is 6.68. The zero-order valence-electron chi connectivity index (χ0n) is 9.61. The van der Waals surface area contributed by atoms with Gasteiger partial charge in [0.25, 0.3) is 0 Å². The Morgan fingerprint density at radius 2 is 2.00 bits per heavy atom. The van der Waals surface area contributed by atoms with Crippen LogP contribution in [-0.4, -0.2) is 42.1 Å². The third-order valence-corrected chi connectivity index (χ3v) is 4.18. The van der Waals surface area contributed by atoms with Gasteiger partial charge in [-0.3, -0.25) is 0 Å². The van der Waals surface area contributed by atoms with Crippen LogP contribution in [0.5, 0.6) is 0 Å². The van der Waals surface area contributed by atoms with Gasteiger partial charge in [-0.1, -0.05) is 36.5 Å². The minimum atomic E-state index is -3.53. The summed E-state index contributed by atoms with van der Waals surface area (Å²) in [5, 5.41) is 17.8. The average Bonchev–Trinajstić information content (AvgIpc) is 2.28. The summed E-state index contributed by atoms with van der Waals surface area (Å²) in [5.74, 6) is -0.757. The molecule has 18 heavy (non-hydrogen) atoms. The van der Waals surface area contributed by atoms with Gasteiger partial charge in [0.1, 0.15) is 4.99 Å². The van der Waals surface area contributed by atoms with Crippen LogP contribution < -0.4 is 5.73 Å². The first kappa shape index (κ1) is 15.0.